The molecule has 17 heavy (non-hydrogen) atoms. The number of likely N-dealkylation sites (tertiary alicyclic amines) is 1. The molecule has 1 aliphatic rings. The summed E-state index contributed by atoms with van der Waals surface area (Å²) in [6.45, 7) is 2.58. The SMILES string of the molecule is COC(=O)NC1CCN(C(=O)CCC(C)=O)C1. The molecule has 1 fully saturated rings. The highest BCUT2D eigenvalue weighted by Crippen LogP contribution is 2.11. The first-order valence-electron chi connectivity index (χ1n) is 5.64. The number of nitrogens with zero attached hydrogens (tertiary/aromatic N) is 1. The van der Waals surface area contributed by atoms with E-state index in [9.17, 15) is 14.4 Å². The van der Waals surface area contributed by atoms with Gasteiger partial charge in [0.05, 0.1) is 13.2 Å². The van der Waals surface area contributed by atoms with Gasteiger partial charge in [0.1, 0.15) is 5.78 Å². The average Bonchev–Trinajstić information content (AvgIpc) is 2.74. The summed E-state index contributed by atoms with van der Waals surface area (Å²) in [4.78, 5) is 35.1. The molecular formula is C11H18N2O4. The fourth-order valence-corrected chi connectivity index (χ4v) is 1.77. The van der Waals surface area contributed by atoms with E-state index in [0.717, 1.165) is 6.42 Å². The summed E-state index contributed by atoms with van der Waals surface area (Å²) in [5.74, 6) is -0.0175. The summed E-state index contributed by atoms with van der Waals surface area (Å²) in [6, 6.07) is -0.0521. The molecule has 96 valence electrons. The molecule has 1 unspecified atom stereocenters. The number of Topliss-reactive ketones (excluding diaryl/α,β-unsaturated/α-hetero) is 1. The standard InChI is InChI=1S/C11H18N2O4/c1-8(14)3-4-10(15)13-6-5-9(7-13)12-11(16)17-2/h9H,3-7H2,1-2H3,(H,12,16). The maximum Gasteiger partial charge on any atom is 0.407 e. The summed E-state index contributed by atoms with van der Waals surface area (Å²) < 4.78 is 4.49. The van der Waals surface area contributed by atoms with Gasteiger partial charge in [-0.05, 0) is 13.3 Å². The third-order valence-electron chi connectivity index (χ3n) is 2.74. The molecule has 0 aliphatic carbocycles. The molecule has 1 saturated heterocycles. The van der Waals surface area contributed by atoms with Crippen LogP contribution >= 0.6 is 0 Å². The zero-order valence-electron chi connectivity index (χ0n) is 10.2. The largest absolute Gasteiger partial charge is 0.453 e. The Balaban J connectivity index is 2.31. The van der Waals surface area contributed by atoms with Crippen LogP contribution in [0.1, 0.15) is 26.2 Å². The first-order chi connectivity index (χ1) is 8.02. The Morgan fingerprint density at radius 3 is 2.65 bits per heavy atom. The van der Waals surface area contributed by atoms with Gasteiger partial charge < -0.3 is 19.7 Å². The first-order valence-corrected chi connectivity index (χ1v) is 5.64. The summed E-state index contributed by atoms with van der Waals surface area (Å²) in [5.41, 5.74) is 0. The van der Waals surface area contributed by atoms with Crippen molar-refractivity contribution in [3.05, 3.63) is 0 Å². The van der Waals surface area contributed by atoms with Gasteiger partial charge in [-0.25, -0.2) is 4.79 Å². The van der Waals surface area contributed by atoms with Gasteiger partial charge >= 0.3 is 6.09 Å². The van der Waals surface area contributed by atoms with Gasteiger partial charge in [0, 0.05) is 25.9 Å². The summed E-state index contributed by atoms with van der Waals surface area (Å²) in [5, 5.41) is 2.66. The van der Waals surface area contributed by atoms with E-state index >= 15 is 0 Å². The third-order valence-corrected chi connectivity index (χ3v) is 2.74. The Morgan fingerprint density at radius 2 is 2.06 bits per heavy atom. The Bertz CT molecular complexity index is 317. The van der Waals surface area contributed by atoms with Crippen molar-refractivity contribution in [1.82, 2.24) is 10.2 Å². The van der Waals surface area contributed by atoms with E-state index in [1.165, 1.54) is 14.0 Å². The predicted octanol–water partition coefficient (Wildman–Crippen LogP) is 0.312. The summed E-state index contributed by atoms with van der Waals surface area (Å²) in [6.07, 6.45) is 0.777. The minimum absolute atomic E-state index is 0.0155. The van der Waals surface area contributed by atoms with Crippen LogP contribution in [-0.2, 0) is 14.3 Å². The number of ether oxygens (including phenoxy) is 1. The molecule has 1 aliphatic heterocycles. The molecule has 0 saturated carbocycles. The van der Waals surface area contributed by atoms with Crippen LogP contribution in [0.15, 0.2) is 0 Å². The van der Waals surface area contributed by atoms with Gasteiger partial charge in [0.25, 0.3) is 0 Å². The lowest BCUT2D eigenvalue weighted by Gasteiger charge is -2.16. The van der Waals surface area contributed by atoms with Crippen LogP contribution in [0, 0.1) is 0 Å². The molecule has 1 heterocycles. The van der Waals surface area contributed by atoms with Gasteiger partial charge in [0.2, 0.25) is 5.91 Å². The lowest BCUT2D eigenvalue weighted by Crippen LogP contribution is -2.38. The van der Waals surface area contributed by atoms with Crippen LogP contribution in [0.25, 0.3) is 0 Å². The molecule has 0 bridgehead atoms. The molecule has 1 N–H and O–H groups in total. The number of alkyl carbamates (subject to hydrolysis) is 1. The number of hydrogen-bond donors (Lipinski definition) is 1. The average molecular weight is 242 g/mol. The van der Waals surface area contributed by atoms with Gasteiger partial charge in [-0.1, -0.05) is 0 Å². The highest BCUT2D eigenvalue weighted by molar-refractivity contribution is 5.83. The zero-order chi connectivity index (χ0) is 12.8. The molecule has 2 amide bonds. The van der Waals surface area contributed by atoms with Crippen LogP contribution < -0.4 is 5.32 Å². The molecule has 6 nitrogen and oxygen atoms in total. The van der Waals surface area contributed by atoms with E-state index in [1.54, 1.807) is 4.90 Å². The van der Waals surface area contributed by atoms with E-state index in [4.69, 9.17) is 0 Å². The zero-order valence-corrected chi connectivity index (χ0v) is 10.2. The molecule has 1 atom stereocenters. The maximum absolute atomic E-state index is 11.7. The Hall–Kier alpha value is -1.59. The number of nitrogens with one attached hydrogen (secondary N) is 1. The second kappa shape index (κ2) is 6.22. The molecule has 0 aromatic rings. The fraction of sp³-hybridized carbons (Fsp3) is 0.727. The second-order valence-corrected chi connectivity index (χ2v) is 4.16. The van der Waals surface area contributed by atoms with Crippen LogP contribution in [0.2, 0.25) is 0 Å². The van der Waals surface area contributed by atoms with Crippen molar-refractivity contribution in [2.75, 3.05) is 20.2 Å². The number of hydrogen-bond acceptors (Lipinski definition) is 4. The van der Waals surface area contributed by atoms with Gasteiger partial charge in [0.15, 0.2) is 0 Å². The van der Waals surface area contributed by atoms with Crippen molar-refractivity contribution in [2.24, 2.45) is 0 Å². The molecule has 0 aromatic carbocycles. The molecule has 0 spiro atoms. The lowest BCUT2D eigenvalue weighted by molar-refractivity contribution is -0.132. The third kappa shape index (κ3) is 4.42. The quantitative estimate of drug-likeness (QED) is 0.770. The van der Waals surface area contributed by atoms with Gasteiger partial charge in [-0.2, -0.15) is 0 Å². The number of ketones is 1. The Labute approximate surface area is 100 Å². The number of methoxy groups -OCH3 is 1. The van der Waals surface area contributed by atoms with Gasteiger partial charge in [-0.15, -0.1) is 0 Å². The topological polar surface area (TPSA) is 75.7 Å². The van der Waals surface area contributed by atoms with Crippen LogP contribution in [0.3, 0.4) is 0 Å². The molecule has 6 heteroatoms. The second-order valence-electron chi connectivity index (χ2n) is 4.16. The highest BCUT2D eigenvalue weighted by atomic mass is 16.5. The highest BCUT2D eigenvalue weighted by Gasteiger charge is 2.27. The van der Waals surface area contributed by atoms with E-state index in [1.807, 2.05) is 0 Å². The van der Waals surface area contributed by atoms with Crippen LogP contribution in [0.4, 0.5) is 4.79 Å². The van der Waals surface area contributed by atoms with E-state index < -0.39 is 6.09 Å². The Morgan fingerprint density at radius 1 is 1.35 bits per heavy atom. The fourth-order valence-electron chi connectivity index (χ4n) is 1.77. The predicted molar refractivity (Wildman–Crippen MR) is 60.4 cm³/mol. The lowest BCUT2D eigenvalue weighted by atomic mass is 10.2. The van der Waals surface area contributed by atoms with E-state index in [0.29, 0.717) is 13.1 Å². The summed E-state index contributed by atoms with van der Waals surface area (Å²) in [7, 11) is 1.31. The minimum atomic E-state index is -0.479. The van der Waals surface area contributed by atoms with Crippen molar-refractivity contribution >= 4 is 17.8 Å². The molecular weight excluding hydrogens is 224 g/mol. The summed E-state index contributed by atoms with van der Waals surface area (Å²) >= 11 is 0. The van der Waals surface area contributed by atoms with Gasteiger partial charge in [-0.3, -0.25) is 4.79 Å². The van der Waals surface area contributed by atoms with Crippen molar-refractivity contribution in [2.45, 2.75) is 32.2 Å². The van der Waals surface area contributed by atoms with Crippen molar-refractivity contribution in [1.29, 1.82) is 0 Å². The van der Waals surface area contributed by atoms with Crippen molar-refractivity contribution < 1.29 is 19.1 Å². The first kappa shape index (κ1) is 13.5. The van der Waals surface area contributed by atoms with Crippen molar-refractivity contribution in [3.8, 4) is 0 Å². The minimum Gasteiger partial charge on any atom is -0.453 e. The van der Waals surface area contributed by atoms with Crippen LogP contribution in [-0.4, -0.2) is 48.9 Å². The van der Waals surface area contributed by atoms with E-state index in [2.05, 4.69) is 10.1 Å². The maximum atomic E-state index is 11.7. The Kier molecular flexibility index (Phi) is 4.93. The number of amides is 2. The monoisotopic (exact) mass is 242 g/mol. The number of rotatable bonds is 4. The molecule has 0 radical (unpaired) electrons. The van der Waals surface area contributed by atoms with E-state index in [-0.39, 0.29) is 30.6 Å². The molecule has 1 rings (SSSR count). The number of carbonyl (C=O) groups is 3. The molecule has 0 aromatic heterocycles. The van der Waals surface area contributed by atoms with Crippen LogP contribution in [0.5, 0.6) is 0 Å². The smallest absolute Gasteiger partial charge is 0.407 e. The number of carbonyl (C=O) groups excluding carboxylic acids is 3. The normalized spacial score (nSPS) is 18.9. The van der Waals surface area contributed by atoms with Crippen molar-refractivity contribution in [3.63, 3.8) is 0 Å².